The summed E-state index contributed by atoms with van der Waals surface area (Å²) in [6.45, 7) is 6.07. The van der Waals surface area contributed by atoms with Gasteiger partial charge in [0.15, 0.2) is 0 Å². The van der Waals surface area contributed by atoms with Crippen LogP contribution in [0.1, 0.15) is 19.4 Å². The Hall–Kier alpha value is -1.48. The summed E-state index contributed by atoms with van der Waals surface area (Å²) in [6.07, 6.45) is 0. The summed E-state index contributed by atoms with van der Waals surface area (Å²) in [7, 11) is -1.59. The van der Waals surface area contributed by atoms with Crippen molar-refractivity contribution in [1.82, 2.24) is 14.5 Å². The lowest BCUT2D eigenvalue weighted by Gasteiger charge is -2.32. The molecule has 1 aliphatic rings. The lowest BCUT2D eigenvalue weighted by molar-refractivity contribution is -0.125. The highest BCUT2D eigenvalue weighted by Crippen LogP contribution is 2.21. The van der Waals surface area contributed by atoms with Crippen LogP contribution in [0.4, 0.5) is 0 Å². The first-order valence-electron chi connectivity index (χ1n) is 8.53. The van der Waals surface area contributed by atoms with Crippen LogP contribution in [0.2, 0.25) is 0 Å². The summed E-state index contributed by atoms with van der Waals surface area (Å²) in [5.41, 5.74) is 6.34. The number of benzene rings is 1. The minimum atomic E-state index is -3.57. The molecule has 1 heterocycles. The van der Waals surface area contributed by atoms with Gasteiger partial charge in [0.2, 0.25) is 15.9 Å². The third kappa shape index (κ3) is 4.78. The van der Waals surface area contributed by atoms with E-state index in [4.69, 9.17) is 5.73 Å². The number of nitrogens with zero attached hydrogens (tertiary/aromatic N) is 2. The summed E-state index contributed by atoms with van der Waals surface area (Å²) in [5, 5.41) is 2.79. The largest absolute Gasteiger partial charge is 0.352 e. The van der Waals surface area contributed by atoms with Crippen molar-refractivity contribution < 1.29 is 13.2 Å². The highest BCUT2D eigenvalue weighted by molar-refractivity contribution is 7.89. The molecule has 2 atom stereocenters. The molecule has 1 aliphatic heterocycles. The summed E-state index contributed by atoms with van der Waals surface area (Å²) in [5.74, 6) is -0.511. The molecule has 1 aromatic carbocycles. The molecule has 7 nitrogen and oxygen atoms in total. The predicted molar refractivity (Wildman–Crippen MR) is 97.4 cm³/mol. The zero-order valence-corrected chi connectivity index (χ0v) is 15.9. The van der Waals surface area contributed by atoms with Crippen LogP contribution in [0.5, 0.6) is 0 Å². The number of hydrogen-bond donors (Lipinski definition) is 2. The summed E-state index contributed by atoms with van der Waals surface area (Å²) < 4.78 is 27.5. The molecule has 1 aromatic rings. The Morgan fingerprint density at radius 2 is 1.80 bits per heavy atom. The molecule has 1 saturated heterocycles. The van der Waals surface area contributed by atoms with Crippen molar-refractivity contribution in [3.8, 4) is 0 Å². The highest BCUT2D eigenvalue weighted by atomic mass is 32.2. The van der Waals surface area contributed by atoms with Crippen LogP contribution in [0, 0.1) is 5.92 Å². The predicted octanol–water partition coefficient (Wildman–Crippen LogP) is 0.222. The van der Waals surface area contributed by atoms with E-state index < -0.39 is 10.0 Å². The van der Waals surface area contributed by atoms with E-state index in [0.717, 1.165) is 0 Å². The third-order valence-electron chi connectivity index (χ3n) is 4.71. The van der Waals surface area contributed by atoms with Gasteiger partial charge >= 0.3 is 0 Å². The monoisotopic (exact) mass is 368 g/mol. The Morgan fingerprint density at radius 1 is 1.20 bits per heavy atom. The molecule has 3 N–H and O–H groups in total. The Kier molecular flexibility index (Phi) is 6.56. The second-order valence-electron chi connectivity index (χ2n) is 6.68. The normalized spacial score (nSPS) is 19.4. The number of carbonyl (C=O) groups excluding carboxylic acids is 1. The maximum atomic E-state index is 13.0. The van der Waals surface area contributed by atoms with Gasteiger partial charge in [-0.2, -0.15) is 4.31 Å². The fraction of sp³-hybridized carbons (Fsp3) is 0.588. The molecule has 0 aromatic heterocycles. The number of rotatable bonds is 6. The first-order valence-corrected chi connectivity index (χ1v) is 9.97. The van der Waals surface area contributed by atoms with Crippen molar-refractivity contribution in [1.29, 1.82) is 0 Å². The van der Waals surface area contributed by atoms with Crippen molar-refractivity contribution in [3.63, 3.8) is 0 Å². The molecule has 0 saturated carbocycles. The second kappa shape index (κ2) is 8.27. The zero-order chi connectivity index (χ0) is 18.6. The van der Waals surface area contributed by atoms with E-state index in [1.54, 1.807) is 38.1 Å². The Balaban J connectivity index is 2.16. The molecule has 2 rings (SSSR count). The van der Waals surface area contributed by atoms with Gasteiger partial charge < -0.3 is 16.0 Å². The van der Waals surface area contributed by atoms with Crippen molar-refractivity contribution in [3.05, 3.63) is 29.8 Å². The number of amides is 1. The van der Waals surface area contributed by atoms with Crippen LogP contribution in [0.25, 0.3) is 0 Å². The smallest absolute Gasteiger partial charge is 0.243 e. The topological polar surface area (TPSA) is 95.7 Å². The van der Waals surface area contributed by atoms with Crippen molar-refractivity contribution in [2.24, 2.45) is 11.7 Å². The van der Waals surface area contributed by atoms with Crippen LogP contribution in [0.15, 0.2) is 29.2 Å². The average Bonchev–Trinajstić information content (AvgIpc) is 2.59. The fourth-order valence-corrected chi connectivity index (χ4v) is 4.30. The van der Waals surface area contributed by atoms with Crippen molar-refractivity contribution in [2.75, 3.05) is 33.2 Å². The van der Waals surface area contributed by atoms with E-state index in [1.807, 2.05) is 7.05 Å². The SMILES string of the molecule is CC(N)C(C)C(=O)NCc1ccccc1S(=O)(=O)N1CCN(C)CC1. The molecule has 1 amide bonds. The molecule has 0 bridgehead atoms. The number of likely N-dealkylation sites (N-methyl/N-ethyl adjacent to an activating group) is 1. The molecule has 140 valence electrons. The van der Waals surface area contributed by atoms with Gasteiger partial charge in [0.05, 0.1) is 4.90 Å². The van der Waals surface area contributed by atoms with Gasteiger partial charge in [-0.05, 0) is 25.6 Å². The van der Waals surface area contributed by atoms with Crippen molar-refractivity contribution in [2.45, 2.75) is 31.3 Å². The minimum Gasteiger partial charge on any atom is -0.352 e. The van der Waals surface area contributed by atoms with Gasteiger partial charge in [0.1, 0.15) is 0 Å². The Bertz CT molecular complexity index is 698. The maximum Gasteiger partial charge on any atom is 0.243 e. The first kappa shape index (κ1) is 19.8. The van der Waals surface area contributed by atoms with Gasteiger partial charge in [-0.3, -0.25) is 4.79 Å². The van der Waals surface area contributed by atoms with Gasteiger partial charge in [0.25, 0.3) is 0 Å². The van der Waals surface area contributed by atoms with Crippen LogP contribution in [-0.4, -0.2) is 62.8 Å². The quantitative estimate of drug-likeness (QED) is 0.749. The second-order valence-corrected chi connectivity index (χ2v) is 8.59. The Labute approximate surface area is 150 Å². The first-order chi connectivity index (χ1) is 11.7. The maximum absolute atomic E-state index is 13.0. The molecule has 25 heavy (non-hydrogen) atoms. The zero-order valence-electron chi connectivity index (χ0n) is 15.1. The van der Waals surface area contributed by atoms with Gasteiger partial charge in [-0.25, -0.2) is 8.42 Å². The molecule has 2 unspecified atom stereocenters. The van der Waals surface area contributed by atoms with Crippen LogP contribution in [-0.2, 0) is 21.4 Å². The summed E-state index contributed by atoms with van der Waals surface area (Å²) in [6, 6.07) is 6.56. The van der Waals surface area contributed by atoms with Crippen LogP contribution in [0.3, 0.4) is 0 Å². The molecular weight excluding hydrogens is 340 g/mol. The van der Waals surface area contributed by atoms with Gasteiger partial charge in [0, 0.05) is 44.7 Å². The number of carbonyl (C=O) groups is 1. The lowest BCUT2D eigenvalue weighted by Crippen LogP contribution is -2.47. The molecule has 8 heteroatoms. The van der Waals surface area contributed by atoms with Crippen LogP contribution >= 0.6 is 0 Å². The van der Waals surface area contributed by atoms with E-state index in [0.29, 0.717) is 31.7 Å². The molecular formula is C17H28N4O3S. The Morgan fingerprint density at radius 3 is 2.40 bits per heavy atom. The number of piperazine rings is 1. The van der Waals surface area contributed by atoms with Gasteiger partial charge in [-0.15, -0.1) is 0 Å². The number of sulfonamides is 1. The molecule has 1 fully saturated rings. The number of nitrogens with two attached hydrogens (primary N) is 1. The van der Waals surface area contributed by atoms with Crippen LogP contribution < -0.4 is 11.1 Å². The molecule has 0 spiro atoms. The fourth-order valence-electron chi connectivity index (χ4n) is 2.65. The van der Waals surface area contributed by atoms with E-state index in [9.17, 15) is 13.2 Å². The van der Waals surface area contributed by atoms with E-state index in [-0.39, 0.29) is 29.3 Å². The number of nitrogens with one attached hydrogen (secondary N) is 1. The number of hydrogen-bond acceptors (Lipinski definition) is 5. The molecule has 0 aliphatic carbocycles. The third-order valence-corrected chi connectivity index (χ3v) is 6.71. The van der Waals surface area contributed by atoms with Crippen molar-refractivity contribution >= 4 is 15.9 Å². The summed E-state index contributed by atoms with van der Waals surface area (Å²) >= 11 is 0. The van der Waals surface area contributed by atoms with Gasteiger partial charge in [-0.1, -0.05) is 25.1 Å². The molecule has 0 radical (unpaired) electrons. The lowest BCUT2D eigenvalue weighted by atomic mass is 10.0. The highest BCUT2D eigenvalue weighted by Gasteiger charge is 2.29. The summed E-state index contributed by atoms with van der Waals surface area (Å²) in [4.78, 5) is 14.5. The standard InChI is InChI=1S/C17H28N4O3S/c1-13(14(2)18)17(22)19-12-15-6-4-5-7-16(15)25(23,24)21-10-8-20(3)9-11-21/h4-7,13-14H,8-12,18H2,1-3H3,(H,19,22). The average molecular weight is 369 g/mol. The van der Waals surface area contributed by atoms with E-state index in [2.05, 4.69) is 10.2 Å². The van der Waals surface area contributed by atoms with E-state index >= 15 is 0 Å². The van der Waals surface area contributed by atoms with E-state index in [1.165, 1.54) is 4.31 Å². The minimum absolute atomic E-state index is 0.166.